The average molecular weight is 232 g/mol. The zero-order chi connectivity index (χ0) is 12.0. The van der Waals surface area contributed by atoms with Crippen LogP contribution in [-0.4, -0.2) is 19.6 Å². The molecule has 0 bridgehead atoms. The van der Waals surface area contributed by atoms with Gasteiger partial charge in [0.15, 0.2) is 0 Å². The summed E-state index contributed by atoms with van der Waals surface area (Å²) in [6.07, 6.45) is 3.95. The fourth-order valence-corrected chi connectivity index (χ4v) is 2.68. The molecule has 0 aromatic heterocycles. The summed E-state index contributed by atoms with van der Waals surface area (Å²) in [6, 6.07) is 10.7. The maximum absolute atomic E-state index is 3.62. The summed E-state index contributed by atoms with van der Waals surface area (Å²) in [5.41, 5.74) is 1.86. The molecule has 1 fully saturated rings. The topological polar surface area (TPSA) is 24.1 Å². The maximum Gasteiger partial charge on any atom is 0.0205 e. The van der Waals surface area contributed by atoms with Crippen molar-refractivity contribution in [2.75, 3.05) is 19.6 Å². The van der Waals surface area contributed by atoms with E-state index in [4.69, 9.17) is 0 Å². The molecule has 1 aromatic rings. The Kier molecular flexibility index (Phi) is 4.57. The van der Waals surface area contributed by atoms with Gasteiger partial charge in [0.25, 0.3) is 0 Å². The highest BCUT2D eigenvalue weighted by molar-refractivity contribution is 5.14. The molecule has 0 radical (unpaired) electrons. The lowest BCUT2D eigenvalue weighted by molar-refractivity contribution is 0.192. The van der Waals surface area contributed by atoms with E-state index in [1.165, 1.54) is 37.9 Å². The molecule has 0 spiro atoms. The van der Waals surface area contributed by atoms with Gasteiger partial charge in [-0.1, -0.05) is 37.3 Å². The van der Waals surface area contributed by atoms with E-state index in [1.54, 1.807) is 0 Å². The van der Waals surface area contributed by atoms with Gasteiger partial charge in [0.05, 0.1) is 0 Å². The minimum atomic E-state index is 0.479. The van der Waals surface area contributed by atoms with Gasteiger partial charge in [-0.2, -0.15) is 0 Å². The molecular formula is C15H24N2. The fourth-order valence-electron chi connectivity index (χ4n) is 2.68. The molecule has 94 valence electrons. The van der Waals surface area contributed by atoms with Crippen LogP contribution in [0.25, 0.3) is 0 Å². The van der Waals surface area contributed by atoms with Gasteiger partial charge < -0.3 is 10.6 Å². The molecule has 17 heavy (non-hydrogen) atoms. The Balaban J connectivity index is 1.80. The summed E-state index contributed by atoms with van der Waals surface area (Å²) in [6.45, 7) is 6.80. The molecular weight excluding hydrogens is 208 g/mol. The first-order valence-corrected chi connectivity index (χ1v) is 6.80. The van der Waals surface area contributed by atoms with Gasteiger partial charge in [0, 0.05) is 19.6 Å². The third-order valence-electron chi connectivity index (χ3n) is 3.98. The van der Waals surface area contributed by atoms with Crippen LogP contribution in [-0.2, 0) is 6.54 Å². The van der Waals surface area contributed by atoms with Crippen molar-refractivity contribution in [3.63, 3.8) is 0 Å². The van der Waals surface area contributed by atoms with Gasteiger partial charge in [0.1, 0.15) is 0 Å². The Hall–Kier alpha value is -0.860. The Morgan fingerprint density at radius 1 is 1.29 bits per heavy atom. The predicted octanol–water partition coefficient (Wildman–Crippen LogP) is 2.56. The molecule has 1 saturated heterocycles. The third-order valence-corrected chi connectivity index (χ3v) is 3.98. The van der Waals surface area contributed by atoms with Crippen molar-refractivity contribution in [3.8, 4) is 0 Å². The molecule has 0 saturated carbocycles. The van der Waals surface area contributed by atoms with Gasteiger partial charge in [-0.15, -0.1) is 0 Å². The van der Waals surface area contributed by atoms with Crippen LogP contribution in [0, 0.1) is 5.41 Å². The van der Waals surface area contributed by atoms with Gasteiger partial charge >= 0.3 is 0 Å². The molecule has 0 aliphatic carbocycles. The summed E-state index contributed by atoms with van der Waals surface area (Å²) in [5, 5.41) is 7.16. The van der Waals surface area contributed by atoms with Crippen molar-refractivity contribution in [3.05, 3.63) is 35.9 Å². The highest BCUT2D eigenvalue weighted by Crippen LogP contribution is 2.29. The summed E-state index contributed by atoms with van der Waals surface area (Å²) in [5.74, 6) is 0. The van der Waals surface area contributed by atoms with Crippen LogP contribution in [0.2, 0.25) is 0 Å². The molecule has 1 unspecified atom stereocenters. The first-order chi connectivity index (χ1) is 8.35. The first-order valence-electron chi connectivity index (χ1n) is 6.80. The first kappa shape index (κ1) is 12.6. The second-order valence-electron chi connectivity index (χ2n) is 5.22. The number of benzene rings is 1. The van der Waals surface area contributed by atoms with E-state index in [2.05, 4.69) is 47.9 Å². The van der Waals surface area contributed by atoms with Crippen LogP contribution in [0.3, 0.4) is 0 Å². The number of rotatable bonds is 5. The van der Waals surface area contributed by atoms with Gasteiger partial charge in [0.2, 0.25) is 0 Å². The largest absolute Gasteiger partial charge is 0.316 e. The minimum Gasteiger partial charge on any atom is -0.316 e. The molecule has 1 aliphatic rings. The van der Waals surface area contributed by atoms with Crippen LogP contribution in [0.1, 0.15) is 31.7 Å². The van der Waals surface area contributed by atoms with Crippen molar-refractivity contribution in [2.24, 2.45) is 5.41 Å². The third kappa shape index (κ3) is 3.55. The number of hydrogen-bond acceptors (Lipinski definition) is 2. The van der Waals surface area contributed by atoms with Crippen molar-refractivity contribution < 1.29 is 0 Å². The second kappa shape index (κ2) is 6.18. The van der Waals surface area contributed by atoms with Crippen molar-refractivity contribution in [1.82, 2.24) is 10.6 Å². The summed E-state index contributed by atoms with van der Waals surface area (Å²) < 4.78 is 0. The standard InChI is InChI=1S/C15H24N2/c1-2-15(9-6-10-16-12-15)13-17-11-14-7-4-3-5-8-14/h3-5,7-8,16-17H,2,6,9-13H2,1H3. The second-order valence-corrected chi connectivity index (χ2v) is 5.22. The molecule has 2 rings (SSSR count). The van der Waals surface area contributed by atoms with Gasteiger partial charge in [-0.25, -0.2) is 0 Å². The smallest absolute Gasteiger partial charge is 0.0205 e. The predicted molar refractivity (Wildman–Crippen MR) is 73.0 cm³/mol. The van der Waals surface area contributed by atoms with Crippen LogP contribution in [0.15, 0.2) is 30.3 Å². The van der Waals surface area contributed by atoms with E-state index in [-0.39, 0.29) is 0 Å². The van der Waals surface area contributed by atoms with Crippen LogP contribution in [0.4, 0.5) is 0 Å². The molecule has 2 nitrogen and oxygen atoms in total. The van der Waals surface area contributed by atoms with Gasteiger partial charge in [-0.3, -0.25) is 0 Å². The number of nitrogens with one attached hydrogen (secondary N) is 2. The molecule has 1 atom stereocenters. The quantitative estimate of drug-likeness (QED) is 0.815. The summed E-state index contributed by atoms with van der Waals surface area (Å²) >= 11 is 0. The monoisotopic (exact) mass is 232 g/mol. The number of piperidine rings is 1. The molecule has 2 N–H and O–H groups in total. The van der Waals surface area contributed by atoms with Crippen molar-refractivity contribution in [1.29, 1.82) is 0 Å². The van der Waals surface area contributed by atoms with E-state index >= 15 is 0 Å². The maximum atomic E-state index is 3.62. The number of hydrogen-bond donors (Lipinski definition) is 2. The van der Waals surface area contributed by atoms with E-state index in [1.807, 2.05) is 0 Å². The van der Waals surface area contributed by atoms with Crippen LogP contribution in [0.5, 0.6) is 0 Å². The van der Waals surface area contributed by atoms with E-state index in [0.29, 0.717) is 5.41 Å². The summed E-state index contributed by atoms with van der Waals surface area (Å²) in [4.78, 5) is 0. The highest BCUT2D eigenvalue weighted by Gasteiger charge is 2.29. The Labute approximate surface area is 105 Å². The van der Waals surface area contributed by atoms with Crippen molar-refractivity contribution >= 4 is 0 Å². The summed E-state index contributed by atoms with van der Waals surface area (Å²) in [7, 11) is 0. The Bertz CT molecular complexity index is 315. The SMILES string of the molecule is CCC1(CNCc2ccccc2)CCCNC1. The zero-order valence-corrected chi connectivity index (χ0v) is 10.8. The lowest BCUT2D eigenvalue weighted by Crippen LogP contribution is -2.45. The molecule has 0 amide bonds. The van der Waals surface area contributed by atoms with E-state index in [0.717, 1.165) is 13.1 Å². The van der Waals surface area contributed by atoms with Gasteiger partial charge in [-0.05, 0) is 36.8 Å². The molecule has 1 heterocycles. The Morgan fingerprint density at radius 2 is 2.12 bits per heavy atom. The van der Waals surface area contributed by atoms with E-state index < -0.39 is 0 Å². The minimum absolute atomic E-state index is 0.479. The lowest BCUT2D eigenvalue weighted by Gasteiger charge is -2.37. The van der Waals surface area contributed by atoms with Crippen LogP contribution >= 0.6 is 0 Å². The molecule has 1 aromatic carbocycles. The lowest BCUT2D eigenvalue weighted by atomic mass is 9.78. The zero-order valence-electron chi connectivity index (χ0n) is 10.8. The van der Waals surface area contributed by atoms with E-state index in [9.17, 15) is 0 Å². The Morgan fingerprint density at radius 3 is 2.76 bits per heavy atom. The highest BCUT2D eigenvalue weighted by atomic mass is 14.9. The molecule has 2 heteroatoms. The van der Waals surface area contributed by atoms with Crippen molar-refractivity contribution in [2.45, 2.75) is 32.7 Å². The molecule has 1 aliphatic heterocycles. The normalized spacial score (nSPS) is 24.8. The average Bonchev–Trinajstić information content (AvgIpc) is 2.41. The van der Waals surface area contributed by atoms with Crippen LogP contribution < -0.4 is 10.6 Å². The fraction of sp³-hybridized carbons (Fsp3) is 0.600.